The van der Waals surface area contributed by atoms with Gasteiger partial charge in [-0.25, -0.2) is 8.42 Å². The first-order valence-corrected chi connectivity index (χ1v) is 7.95. The second-order valence-electron chi connectivity index (χ2n) is 3.99. The summed E-state index contributed by atoms with van der Waals surface area (Å²) < 4.78 is 37.5. The summed E-state index contributed by atoms with van der Waals surface area (Å²) in [5.74, 6) is -0.628. The first-order chi connectivity index (χ1) is 9.29. The number of amides is 1. The molecule has 1 unspecified atom stereocenters. The summed E-state index contributed by atoms with van der Waals surface area (Å²) in [6, 6.07) is 1.09. The number of hydrogen-bond acceptors (Lipinski definition) is 6. The van der Waals surface area contributed by atoms with Crippen LogP contribution in [0.25, 0.3) is 0 Å². The predicted octanol–water partition coefficient (Wildman–Crippen LogP) is 0.907. The van der Waals surface area contributed by atoms with Crippen molar-refractivity contribution in [3.8, 4) is 0 Å². The number of nitrogens with one attached hydrogen (secondary N) is 1. The van der Waals surface area contributed by atoms with Crippen LogP contribution in [0.2, 0.25) is 0 Å². The molecule has 9 heteroatoms. The van der Waals surface area contributed by atoms with Gasteiger partial charge in [0, 0.05) is 37.5 Å². The maximum atomic E-state index is 11.8. The highest BCUT2D eigenvalue weighted by Gasteiger charge is 2.22. The molecule has 0 aromatic carbocycles. The summed E-state index contributed by atoms with van der Waals surface area (Å²) in [6.45, 7) is 1.93. The monoisotopic (exact) mass is 325 g/mol. The molecular formula is C11H16ClNO6S. The lowest BCUT2D eigenvalue weighted by Crippen LogP contribution is -2.35. The SMILES string of the molecule is COCC(CNC(=O)c1cc(S(=O)(=O)Cl)c(C)o1)OC. The zero-order valence-corrected chi connectivity index (χ0v) is 12.9. The van der Waals surface area contributed by atoms with E-state index in [9.17, 15) is 13.2 Å². The number of aryl methyl sites for hydroxylation is 1. The first-order valence-electron chi connectivity index (χ1n) is 5.64. The van der Waals surface area contributed by atoms with Crippen molar-refractivity contribution in [2.24, 2.45) is 0 Å². The summed E-state index contributed by atoms with van der Waals surface area (Å²) in [7, 11) is 4.29. The largest absolute Gasteiger partial charge is 0.455 e. The van der Waals surface area contributed by atoms with Gasteiger partial charge in [0.2, 0.25) is 0 Å². The van der Waals surface area contributed by atoms with Crippen molar-refractivity contribution in [1.29, 1.82) is 0 Å². The fourth-order valence-corrected chi connectivity index (χ4v) is 2.60. The minimum Gasteiger partial charge on any atom is -0.455 e. The third kappa shape index (κ3) is 4.48. The van der Waals surface area contributed by atoms with E-state index in [2.05, 4.69) is 5.32 Å². The van der Waals surface area contributed by atoms with Crippen LogP contribution in [0.4, 0.5) is 0 Å². The van der Waals surface area contributed by atoms with Gasteiger partial charge in [-0.15, -0.1) is 0 Å². The number of furan rings is 1. The summed E-state index contributed by atoms with van der Waals surface area (Å²) in [6.07, 6.45) is -0.309. The molecule has 0 bridgehead atoms. The normalized spacial score (nSPS) is 13.2. The van der Waals surface area contributed by atoms with Gasteiger partial charge in [0.1, 0.15) is 10.7 Å². The van der Waals surface area contributed by atoms with E-state index in [0.717, 1.165) is 6.07 Å². The highest BCUT2D eigenvalue weighted by atomic mass is 35.7. The maximum Gasteiger partial charge on any atom is 0.287 e. The molecule has 114 valence electrons. The van der Waals surface area contributed by atoms with Crippen LogP contribution in [-0.4, -0.2) is 47.8 Å². The Labute approximate surface area is 121 Å². The Hall–Kier alpha value is -1.09. The smallest absolute Gasteiger partial charge is 0.287 e. The molecule has 0 saturated carbocycles. The Bertz CT molecular complexity index is 567. The minimum absolute atomic E-state index is 0.0605. The number of carbonyl (C=O) groups is 1. The Kier molecular flexibility index (Phi) is 6.00. The molecule has 0 radical (unpaired) electrons. The second-order valence-corrected chi connectivity index (χ2v) is 6.53. The zero-order valence-electron chi connectivity index (χ0n) is 11.3. The van der Waals surface area contributed by atoms with Gasteiger partial charge in [0.15, 0.2) is 5.76 Å². The second kappa shape index (κ2) is 7.07. The van der Waals surface area contributed by atoms with E-state index < -0.39 is 15.0 Å². The molecule has 1 amide bonds. The van der Waals surface area contributed by atoms with Gasteiger partial charge < -0.3 is 19.2 Å². The van der Waals surface area contributed by atoms with Crippen LogP contribution in [-0.2, 0) is 18.5 Å². The van der Waals surface area contributed by atoms with Crippen molar-refractivity contribution in [2.75, 3.05) is 27.4 Å². The fourth-order valence-electron chi connectivity index (χ4n) is 1.51. The van der Waals surface area contributed by atoms with Crippen LogP contribution in [0.3, 0.4) is 0 Å². The first kappa shape index (κ1) is 17.0. The fraction of sp³-hybridized carbons (Fsp3) is 0.545. The number of carbonyl (C=O) groups excluding carboxylic acids is 1. The van der Waals surface area contributed by atoms with Crippen LogP contribution < -0.4 is 5.32 Å². The van der Waals surface area contributed by atoms with E-state index in [1.54, 1.807) is 0 Å². The average Bonchev–Trinajstić information content (AvgIpc) is 2.76. The number of rotatable bonds is 7. The number of hydrogen-bond donors (Lipinski definition) is 1. The number of halogens is 1. The highest BCUT2D eigenvalue weighted by Crippen LogP contribution is 2.23. The molecule has 0 saturated heterocycles. The van der Waals surface area contributed by atoms with E-state index in [-0.39, 0.29) is 29.1 Å². The Balaban J connectivity index is 2.74. The van der Waals surface area contributed by atoms with Crippen molar-refractivity contribution in [1.82, 2.24) is 5.32 Å². The molecule has 0 aliphatic carbocycles. The number of ether oxygens (including phenoxy) is 2. The summed E-state index contributed by atoms with van der Waals surface area (Å²) >= 11 is 0. The summed E-state index contributed by atoms with van der Waals surface area (Å²) in [5.41, 5.74) is 0. The van der Waals surface area contributed by atoms with E-state index in [4.69, 9.17) is 24.6 Å². The Morgan fingerprint density at radius 3 is 2.60 bits per heavy atom. The Morgan fingerprint density at radius 1 is 1.50 bits per heavy atom. The molecule has 0 aliphatic heterocycles. The summed E-state index contributed by atoms with van der Waals surface area (Å²) in [4.78, 5) is 11.6. The van der Waals surface area contributed by atoms with Gasteiger partial charge >= 0.3 is 0 Å². The van der Waals surface area contributed by atoms with Gasteiger partial charge in [-0.3, -0.25) is 4.79 Å². The van der Waals surface area contributed by atoms with Crippen LogP contribution in [0.5, 0.6) is 0 Å². The van der Waals surface area contributed by atoms with Crippen molar-refractivity contribution in [3.63, 3.8) is 0 Å². The summed E-state index contributed by atoms with van der Waals surface area (Å²) in [5, 5.41) is 2.55. The minimum atomic E-state index is -3.94. The third-order valence-electron chi connectivity index (χ3n) is 2.53. The lowest BCUT2D eigenvalue weighted by atomic mass is 10.3. The molecule has 0 fully saturated rings. The standard InChI is InChI=1S/C11H16ClNO6S/c1-7-10(20(12,15)16)4-9(19-7)11(14)13-5-8(18-3)6-17-2/h4,8H,5-6H2,1-3H3,(H,13,14). The van der Waals surface area contributed by atoms with E-state index >= 15 is 0 Å². The van der Waals surface area contributed by atoms with Gasteiger partial charge in [-0.05, 0) is 6.92 Å². The predicted molar refractivity (Wildman–Crippen MR) is 71.5 cm³/mol. The molecule has 1 rings (SSSR count). The van der Waals surface area contributed by atoms with Crippen LogP contribution in [0.15, 0.2) is 15.4 Å². The highest BCUT2D eigenvalue weighted by molar-refractivity contribution is 8.13. The molecule has 7 nitrogen and oxygen atoms in total. The molecule has 1 aromatic rings. The molecule has 1 atom stereocenters. The molecule has 1 N–H and O–H groups in total. The van der Waals surface area contributed by atoms with Crippen molar-refractivity contribution in [3.05, 3.63) is 17.6 Å². The number of methoxy groups -OCH3 is 2. The molecule has 20 heavy (non-hydrogen) atoms. The van der Waals surface area contributed by atoms with Gasteiger partial charge in [-0.1, -0.05) is 0 Å². The van der Waals surface area contributed by atoms with Crippen LogP contribution >= 0.6 is 10.7 Å². The van der Waals surface area contributed by atoms with Gasteiger partial charge in [0.25, 0.3) is 15.0 Å². The quantitative estimate of drug-likeness (QED) is 0.749. The average molecular weight is 326 g/mol. The zero-order chi connectivity index (χ0) is 15.3. The molecule has 0 aliphatic rings. The third-order valence-corrected chi connectivity index (χ3v) is 3.96. The van der Waals surface area contributed by atoms with E-state index in [1.165, 1.54) is 21.1 Å². The lowest BCUT2D eigenvalue weighted by Gasteiger charge is -2.14. The molecule has 1 aromatic heterocycles. The Morgan fingerprint density at radius 2 is 2.15 bits per heavy atom. The van der Waals surface area contributed by atoms with Crippen molar-refractivity contribution >= 4 is 25.6 Å². The van der Waals surface area contributed by atoms with E-state index in [1.807, 2.05) is 0 Å². The van der Waals surface area contributed by atoms with Crippen LogP contribution in [0.1, 0.15) is 16.3 Å². The van der Waals surface area contributed by atoms with Crippen LogP contribution in [0, 0.1) is 6.92 Å². The molecule has 1 heterocycles. The topological polar surface area (TPSA) is 94.8 Å². The molecular weight excluding hydrogens is 310 g/mol. The van der Waals surface area contributed by atoms with E-state index in [0.29, 0.717) is 6.61 Å². The van der Waals surface area contributed by atoms with Gasteiger partial charge in [-0.2, -0.15) is 0 Å². The van der Waals surface area contributed by atoms with Crippen molar-refractivity contribution in [2.45, 2.75) is 17.9 Å². The van der Waals surface area contributed by atoms with Crippen molar-refractivity contribution < 1.29 is 27.1 Å². The van der Waals surface area contributed by atoms with Gasteiger partial charge in [0.05, 0.1) is 12.7 Å². The lowest BCUT2D eigenvalue weighted by molar-refractivity contribution is 0.0283. The molecule has 0 spiro atoms. The maximum absolute atomic E-state index is 11.8.